The standard InChI is InChI=1S/C36H30Cl2IN3O9/c1-49-19-7-4-17(5-8-19)36-23(32(45)42(34(36)47)40-26-11-6-18(37)14-24(26)38)15-22-20(29(36)16-12-25(39)30(43)27(13-16)50-2)9-10-21-28(22)33(46)41(31(21)44)35(48)51-3/h4-9,11-14,21-23,28-29,40,43H,10,15H2,1-3H3/t21-,22+,23-,28-,29-,36+/m0/s1. The molecule has 2 heterocycles. The van der Waals surface area contributed by atoms with E-state index >= 15 is 4.79 Å². The van der Waals surface area contributed by atoms with Gasteiger partial charge in [0.25, 0.3) is 11.8 Å². The number of phenolic OH excluding ortho intramolecular Hbond substituents is 1. The van der Waals surface area contributed by atoms with Gasteiger partial charge in [-0.3, -0.25) is 24.6 Å². The molecule has 264 valence electrons. The number of hydrogen-bond donors (Lipinski definition) is 2. The molecule has 6 atom stereocenters. The average Bonchev–Trinajstić information content (AvgIpc) is 3.50. The molecule has 15 heteroatoms. The van der Waals surface area contributed by atoms with Gasteiger partial charge in [-0.1, -0.05) is 47.0 Å². The van der Waals surface area contributed by atoms with E-state index in [4.69, 9.17) is 37.4 Å². The lowest BCUT2D eigenvalue weighted by molar-refractivity contribution is -0.140. The van der Waals surface area contributed by atoms with Crippen LogP contribution in [0.15, 0.2) is 66.2 Å². The molecule has 2 aliphatic carbocycles. The lowest BCUT2D eigenvalue weighted by atomic mass is 9.49. The number of imide groups is 4. The number of carbonyl (C=O) groups excluding carboxylic acids is 5. The lowest BCUT2D eigenvalue weighted by Crippen LogP contribution is -2.53. The van der Waals surface area contributed by atoms with Crippen molar-refractivity contribution in [2.24, 2.45) is 23.7 Å². The Balaban J connectivity index is 1.49. The summed E-state index contributed by atoms with van der Waals surface area (Å²) in [5.41, 5.74) is 3.24. The number of allylic oxidation sites excluding steroid dienone is 2. The molecule has 3 aromatic rings. The van der Waals surface area contributed by atoms with E-state index in [1.807, 2.05) is 28.7 Å². The number of carbonyl (C=O) groups is 5. The number of benzene rings is 3. The summed E-state index contributed by atoms with van der Waals surface area (Å²) in [6.45, 7) is 0. The SMILES string of the molecule is COC(=O)N1C(=O)[C@H]2[C@H](CC=C3[C@H]2C[C@H]2C(=O)N(Nc4ccc(Cl)cc4Cl)C(=O)[C@@]2(c2ccc(OC)cc2)[C@H]3c2cc(I)c(O)c(OC)c2)C1=O. The number of rotatable bonds is 6. The van der Waals surface area contributed by atoms with Gasteiger partial charge in [-0.25, -0.2) is 4.79 Å². The Kier molecular flexibility index (Phi) is 8.95. The second-order valence-electron chi connectivity index (χ2n) is 12.7. The summed E-state index contributed by atoms with van der Waals surface area (Å²) in [5, 5.41) is 12.3. The summed E-state index contributed by atoms with van der Waals surface area (Å²) in [5.74, 6) is -6.63. The molecule has 7 rings (SSSR count). The highest BCUT2D eigenvalue weighted by Gasteiger charge is 2.70. The summed E-state index contributed by atoms with van der Waals surface area (Å²) >= 11 is 14.6. The number of nitrogens with one attached hydrogen (secondary N) is 1. The Hall–Kier alpha value is -4.34. The van der Waals surface area contributed by atoms with Crippen molar-refractivity contribution in [1.82, 2.24) is 9.91 Å². The highest BCUT2D eigenvalue weighted by molar-refractivity contribution is 14.1. The maximum Gasteiger partial charge on any atom is 0.423 e. The molecule has 3 aromatic carbocycles. The van der Waals surface area contributed by atoms with E-state index in [1.165, 1.54) is 20.3 Å². The summed E-state index contributed by atoms with van der Waals surface area (Å²) < 4.78 is 16.2. The van der Waals surface area contributed by atoms with E-state index in [0.29, 0.717) is 35.9 Å². The summed E-state index contributed by atoms with van der Waals surface area (Å²) in [6, 6.07) is 14.8. The fourth-order valence-corrected chi connectivity index (χ4v) is 9.48. The Bertz CT molecular complexity index is 2060. The molecule has 0 unspecified atom stereocenters. The van der Waals surface area contributed by atoms with Gasteiger partial charge in [-0.15, -0.1) is 0 Å². The molecule has 2 saturated heterocycles. The van der Waals surface area contributed by atoms with E-state index in [2.05, 4.69) is 5.43 Å². The molecule has 0 spiro atoms. The smallest absolute Gasteiger partial charge is 0.423 e. The fraction of sp³-hybridized carbons (Fsp3) is 0.306. The topological polar surface area (TPSA) is 152 Å². The third kappa shape index (κ3) is 5.18. The lowest BCUT2D eigenvalue weighted by Gasteiger charge is -2.50. The molecule has 1 saturated carbocycles. The number of hydrogen-bond acceptors (Lipinski definition) is 10. The highest BCUT2D eigenvalue weighted by Crippen LogP contribution is 2.64. The molecule has 0 aromatic heterocycles. The predicted molar refractivity (Wildman–Crippen MR) is 192 cm³/mol. The molecule has 0 bridgehead atoms. The number of hydrazine groups is 1. The molecule has 3 fully saturated rings. The molecule has 2 N–H and O–H groups in total. The molecular formula is C36H30Cl2IN3O9. The number of fused-ring (bicyclic) bond motifs is 4. The van der Waals surface area contributed by atoms with Crippen LogP contribution < -0.4 is 14.9 Å². The zero-order chi connectivity index (χ0) is 36.5. The van der Waals surface area contributed by atoms with Crippen LogP contribution in [0.4, 0.5) is 10.5 Å². The fourth-order valence-electron chi connectivity index (χ4n) is 8.41. The molecule has 2 aliphatic heterocycles. The number of phenols is 1. The van der Waals surface area contributed by atoms with Crippen LogP contribution in [-0.4, -0.2) is 66.1 Å². The normalized spacial score (nSPS) is 26.7. The van der Waals surface area contributed by atoms with Crippen LogP contribution in [0.5, 0.6) is 17.2 Å². The number of likely N-dealkylation sites (tertiary alicyclic amines) is 1. The summed E-state index contributed by atoms with van der Waals surface area (Å²) in [4.78, 5) is 70.8. The molecular weight excluding hydrogens is 816 g/mol. The molecule has 51 heavy (non-hydrogen) atoms. The van der Waals surface area contributed by atoms with E-state index in [9.17, 15) is 24.3 Å². The minimum absolute atomic E-state index is 0.00697. The minimum Gasteiger partial charge on any atom is -0.504 e. The largest absolute Gasteiger partial charge is 0.504 e. The van der Waals surface area contributed by atoms with E-state index < -0.39 is 64.7 Å². The second kappa shape index (κ2) is 13.0. The van der Waals surface area contributed by atoms with Crippen molar-refractivity contribution in [1.29, 1.82) is 0 Å². The second-order valence-corrected chi connectivity index (χ2v) is 14.8. The first kappa shape index (κ1) is 35.1. The van der Waals surface area contributed by atoms with Crippen molar-refractivity contribution < 1.29 is 43.3 Å². The van der Waals surface area contributed by atoms with Gasteiger partial charge in [-0.05, 0) is 94.9 Å². The molecule has 4 aliphatic rings. The zero-order valence-corrected chi connectivity index (χ0v) is 31.0. The Morgan fingerprint density at radius 2 is 1.67 bits per heavy atom. The number of aromatic hydroxyl groups is 1. The van der Waals surface area contributed by atoms with Crippen molar-refractivity contribution >= 4 is 81.2 Å². The van der Waals surface area contributed by atoms with Gasteiger partial charge in [0.2, 0.25) is 11.8 Å². The van der Waals surface area contributed by atoms with Crippen LogP contribution in [0.2, 0.25) is 10.0 Å². The Morgan fingerprint density at radius 3 is 2.31 bits per heavy atom. The van der Waals surface area contributed by atoms with Crippen LogP contribution >= 0.6 is 45.8 Å². The minimum atomic E-state index is -1.62. The van der Waals surface area contributed by atoms with E-state index in [1.54, 1.807) is 48.5 Å². The third-order valence-corrected chi connectivity index (χ3v) is 11.9. The monoisotopic (exact) mass is 845 g/mol. The molecule has 5 amide bonds. The van der Waals surface area contributed by atoms with Crippen molar-refractivity contribution in [2.45, 2.75) is 24.2 Å². The van der Waals surface area contributed by atoms with Gasteiger partial charge in [0.05, 0.1) is 58.8 Å². The van der Waals surface area contributed by atoms with Crippen LogP contribution in [0.3, 0.4) is 0 Å². The highest BCUT2D eigenvalue weighted by atomic mass is 127. The van der Waals surface area contributed by atoms with Crippen LogP contribution in [0.1, 0.15) is 29.9 Å². The number of amides is 5. The van der Waals surface area contributed by atoms with Crippen molar-refractivity contribution in [3.05, 3.63) is 91.0 Å². The molecule has 12 nitrogen and oxygen atoms in total. The van der Waals surface area contributed by atoms with E-state index in [-0.39, 0.29) is 35.1 Å². The van der Waals surface area contributed by atoms with Gasteiger partial charge >= 0.3 is 6.09 Å². The summed E-state index contributed by atoms with van der Waals surface area (Å²) in [6.07, 6.45) is 0.860. The maximum absolute atomic E-state index is 15.3. The third-order valence-electron chi connectivity index (χ3n) is 10.5. The number of anilines is 1. The maximum atomic E-state index is 15.3. The number of nitrogens with zero attached hydrogens (tertiary/aromatic N) is 2. The first-order chi connectivity index (χ1) is 24.4. The summed E-state index contributed by atoms with van der Waals surface area (Å²) in [7, 11) is 4.01. The van der Waals surface area contributed by atoms with Crippen LogP contribution in [0, 0.1) is 27.2 Å². The van der Waals surface area contributed by atoms with Crippen LogP contribution in [0.25, 0.3) is 0 Å². The number of methoxy groups -OCH3 is 3. The molecule has 0 radical (unpaired) electrons. The quantitative estimate of drug-likeness (QED) is 0.170. The predicted octanol–water partition coefficient (Wildman–Crippen LogP) is 6.07. The van der Waals surface area contributed by atoms with E-state index in [0.717, 1.165) is 12.1 Å². The van der Waals surface area contributed by atoms with Crippen molar-refractivity contribution in [3.8, 4) is 17.2 Å². The Labute approximate surface area is 315 Å². The number of halogens is 3. The first-order valence-corrected chi connectivity index (χ1v) is 17.7. The average molecular weight is 846 g/mol. The number of ether oxygens (including phenoxy) is 3. The van der Waals surface area contributed by atoms with Crippen molar-refractivity contribution in [3.63, 3.8) is 0 Å². The first-order valence-electron chi connectivity index (χ1n) is 15.9. The Morgan fingerprint density at radius 1 is 0.941 bits per heavy atom. The van der Waals surface area contributed by atoms with Gasteiger partial charge in [0.1, 0.15) is 5.75 Å². The van der Waals surface area contributed by atoms with Gasteiger partial charge in [-0.2, -0.15) is 9.91 Å². The zero-order valence-electron chi connectivity index (χ0n) is 27.3. The van der Waals surface area contributed by atoms with Gasteiger partial charge < -0.3 is 19.3 Å². The van der Waals surface area contributed by atoms with Crippen LogP contribution in [-0.2, 0) is 29.3 Å². The van der Waals surface area contributed by atoms with Gasteiger partial charge in [0.15, 0.2) is 11.5 Å². The van der Waals surface area contributed by atoms with Gasteiger partial charge in [0, 0.05) is 10.9 Å². The van der Waals surface area contributed by atoms with Crippen molar-refractivity contribution in [2.75, 3.05) is 26.8 Å².